The molecule has 3 aromatic rings. The van der Waals surface area contributed by atoms with Crippen LogP contribution in [-0.4, -0.2) is 51.5 Å². The summed E-state index contributed by atoms with van der Waals surface area (Å²) < 4.78 is 5.46. The van der Waals surface area contributed by atoms with E-state index in [1.54, 1.807) is 30.3 Å². The van der Waals surface area contributed by atoms with Crippen molar-refractivity contribution in [2.75, 3.05) is 29.9 Å². The van der Waals surface area contributed by atoms with Gasteiger partial charge in [-0.25, -0.2) is 0 Å². The zero-order valence-electron chi connectivity index (χ0n) is 19.3. The first-order valence-electron chi connectivity index (χ1n) is 11.0. The van der Waals surface area contributed by atoms with Crippen LogP contribution in [0, 0.1) is 6.92 Å². The third-order valence-electron chi connectivity index (χ3n) is 5.52. The van der Waals surface area contributed by atoms with Crippen LogP contribution in [0.3, 0.4) is 0 Å². The molecule has 1 aliphatic heterocycles. The summed E-state index contributed by atoms with van der Waals surface area (Å²) in [6.45, 7) is 9.43. The van der Waals surface area contributed by atoms with Gasteiger partial charge in [-0.05, 0) is 42.8 Å². The van der Waals surface area contributed by atoms with Crippen LogP contribution >= 0.6 is 11.8 Å². The molecule has 0 saturated carbocycles. The van der Waals surface area contributed by atoms with Gasteiger partial charge in [-0.15, -0.1) is 0 Å². The van der Waals surface area contributed by atoms with E-state index >= 15 is 0 Å². The quantitative estimate of drug-likeness (QED) is 0.598. The predicted molar refractivity (Wildman–Crippen MR) is 131 cm³/mol. The molecule has 0 radical (unpaired) electrons. The number of nitrogens with zero attached hydrogens (tertiary/aromatic N) is 3. The highest BCUT2D eigenvalue weighted by atomic mass is 32.2. The molecule has 2 aromatic carbocycles. The first-order valence-corrected chi connectivity index (χ1v) is 12.1. The second-order valence-corrected chi connectivity index (χ2v) is 10.3. The standard InChI is InChI=1S/C25H28N4O3S/c1-16-15-17(23(31)29-11-13-33-14-12-29)9-10-20(16)26-21(30)18-7-5-6-8-19(18)22-27-24(28-32-22)25(2,3)4/h5-10,15H,11-14H2,1-4H3,(H,26,30). The summed E-state index contributed by atoms with van der Waals surface area (Å²) in [5, 5.41) is 7.03. The van der Waals surface area contributed by atoms with Crippen molar-refractivity contribution >= 4 is 29.3 Å². The number of benzene rings is 2. The molecule has 2 heterocycles. The maximum atomic E-state index is 13.2. The molecule has 2 amide bonds. The van der Waals surface area contributed by atoms with Gasteiger partial charge >= 0.3 is 0 Å². The normalized spacial score (nSPS) is 14.2. The van der Waals surface area contributed by atoms with E-state index in [2.05, 4.69) is 15.5 Å². The van der Waals surface area contributed by atoms with Crippen molar-refractivity contribution in [2.24, 2.45) is 0 Å². The average molecular weight is 465 g/mol. The minimum absolute atomic E-state index is 0.0349. The Morgan fingerprint density at radius 1 is 1.09 bits per heavy atom. The Kier molecular flexibility index (Phi) is 6.56. The lowest BCUT2D eigenvalue weighted by atomic mass is 9.96. The number of hydrogen-bond acceptors (Lipinski definition) is 6. The zero-order valence-corrected chi connectivity index (χ0v) is 20.2. The van der Waals surface area contributed by atoms with E-state index in [-0.39, 0.29) is 17.2 Å². The second-order valence-electron chi connectivity index (χ2n) is 9.11. The maximum absolute atomic E-state index is 13.2. The van der Waals surface area contributed by atoms with Crippen LogP contribution < -0.4 is 5.32 Å². The number of aromatic nitrogens is 2. The van der Waals surface area contributed by atoms with Gasteiger partial charge < -0.3 is 14.7 Å². The zero-order chi connectivity index (χ0) is 23.6. The van der Waals surface area contributed by atoms with Gasteiger partial charge in [0.15, 0.2) is 5.82 Å². The van der Waals surface area contributed by atoms with Crippen molar-refractivity contribution in [3.8, 4) is 11.5 Å². The van der Waals surface area contributed by atoms with Crippen LogP contribution in [0.1, 0.15) is 52.9 Å². The highest BCUT2D eigenvalue weighted by Gasteiger charge is 2.24. The SMILES string of the molecule is Cc1cc(C(=O)N2CCSCC2)ccc1NC(=O)c1ccccc1-c1nc(C(C)(C)C)no1. The van der Waals surface area contributed by atoms with E-state index in [1.165, 1.54) is 0 Å². The summed E-state index contributed by atoms with van der Waals surface area (Å²) >= 11 is 1.87. The van der Waals surface area contributed by atoms with E-state index in [0.717, 1.165) is 30.2 Å². The van der Waals surface area contributed by atoms with Gasteiger partial charge in [-0.3, -0.25) is 9.59 Å². The molecule has 172 valence electrons. The molecule has 1 fully saturated rings. The van der Waals surface area contributed by atoms with Crippen molar-refractivity contribution in [1.82, 2.24) is 15.0 Å². The van der Waals surface area contributed by atoms with Gasteiger partial charge in [0.2, 0.25) is 0 Å². The fourth-order valence-electron chi connectivity index (χ4n) is 3.58. The lowest BCUT2D eigenvalue weighted by Gasteiger charge is -2.26. The van der Waals surface area contributed by atoms with E-state index in [4.69, 9.17) is 4.52 Å². The van der Waals surface area contributed by atoms with Crippen LogP contribution in [-0.2, 0) is 5.41 Å². The third-order valence-corrected chi connectivity index (χ3v) is 6.46. The molecule has 33 heavy (non-hydrogen) atoms. The fourth-order valence-corrected chi connectivity index (χ4v) is 4.48. The molecule has 0 aliphatic carbocycles. The van der Waals surface area contributed by atoms with Gasteiger partial charge in [0, 0.05) is 41.3 Å². The van der Waals surface area contributed by atoms with Gasteiger partial charge in [0.1, 0.15) is 0 Å². The number of nitrogens with one attached hydrogen (secondary N) is 1. The van der Waals surface area contributed by atoms with Crippen LogP contribution in [0.2, 0.25) is 0 Å². The van der Waals surface area contributed by atoms with E-state index in [0.29, 0.717) is 34.1 Å². The molecule has 0 unspecified atom stereocenters. The molecule has 0 atom stereocenters. The Labute approximate surface area is 197 Å². The fraction of sp³-hybridized carbons (Fsp3) is 0.360. The molecule has 1 aromatic heterocycles. The molecule has 1 N–H and O–H groups in total. The Bertz CT molecular complexity index is 1180. The monoisotopic (exact) mass is 464 g/mol. The van der Waals surface area contributed by atoms with E-state index < -0.39 is 0 Å². The number of carbonyl (C=O) groups excluding carboxylic acids is 2. The lowest BCUT2D eigenvalue weighted by molar-refractivity contribution is 0.0772. The summed E-state index contributed by atoms with van der Waals surface area (Å²) in [5.74, 6) is 2.58. The van der Waals surface area contributed by atoms with Crippen LogP contribution in [0.4, 0.5) is 5.69 Å². The lowest BCUT2D eigenvalue weighted by Crippen LogP contribution is -2.37. The smallest absolute Gasteiger partial charge is 0.258 e. The largest absolute Gasteiger partial charge is 0.337 e. The summed E-state index contributed by atoms with van der Waals surface area (Å²) in [5.41, 5.74) is 2.87. The van der Waals surface area contributed by atoms with Crippen molar-refractivity contribution < 1.29 is 14.1 Å². The number of thioether (sulfide) groups is 1. The topological polar surface area (TPSA) is 88.3 Å². The Balaban J connectivity index is 1.54. The molecule has 0 bridgehead atoms. The second kappa shape index (κ2) is 9.39. The number of rotatable bonds is 4. The summed E-state index contributed by atoms with van der Waals surface area (Å²) in [6.07, 6.45) is 0. The molecular weight excluding hydrogens is 436 g/mol. The van der Waals surface area contributed by atoms with Crippen LogP contribution in [0.15, 0.2) is 47.0 Å². The maximum Gasteiger partial charge on any atom is 0.258 e. The van der Waals surface area contributed by atoms with Gasteiger partial charge in [-0.2, -0.15) is 16.7 Å². The highest BCUT2D eigenvalue weighted by molar-refractivity contribution is 7.99. The molecule has 1 saturated heterocycles. The molecule has 8 heteroatoms. The molecular formula is C25H28N4O3S. The first-order chi connectivity index (χ1) is 15.7. The number of hydrogen-bond donors (Lipinski definition) is 1. The van der Waals surface area contributed by atoms with Gasteiger partial charge in [-0.1, -0.05) is 38.1 Å². The van der Waals surface area contributed by atoms with Crippen LogP contribution in [0.25, 0.3) is 11.5 Å². The van der Waals surface area contributed by atoms with Crippen LogP contribution in [0.5, 0.6) is 0 Å². The summed E-state index contributed by atoms with van der Waals surface area (Å²) in [6, 6.07) is 12.5. The number of anilines is 1. The molecule has 0 spiro atoms. The van der Waals surface area contributed by atoms with E-state index in [1.807, 2.05) is 56.5 Å². The van der Waals surface area contributed by atoms with E-state index in [9.17, 15) is 9.59 Å². The van der Waals surface area contributed by atoms with Crippen molar-refractivity contribution in [2.45, 2.75) is 33.1 Å². The van der Waals surface area contributed by atoms with Crippen molar-refractivity contribution in [1.29, 1.82) is 0 Å². The predicted octanol–water partition coefficient (Wildman–Crippen LogP) is 4.78. The van der Waals surface area contributed by atoms with Gasteiger partial charge in [0.05, 0.1) is 11.1 Å². The first kappa shape index (κ1) is 23.0. The summed E-state index contributed by atoms with van der Waals surface area (Å²) in [7, 11) is 0. The minimum atomic E-state index is -0.281. The molecule has 7 nitrogen and oxygen atoms in total. The Morgan fingerprint density at radius 3 is 2.48 bits per heavy atom. The molecule has 4 rings (SSSR count). The average Bonchev–Trinajstić information content (AvgIpc) is 3.31. The minimum Gasteiger partial charge on any atom is -0.337 e. The number of amides is 2. The molecule has 1 aliphatic rings. The summed E-state index contributed by atoms with van der Waals surface area (Å²) in [4.78, 5) is 32.3. The Hall–Kier alpha value is -3.13. The van der Waals surface area contributed by atoms with Crippen molar-refractivity contribution in [3.63, 3.8) is 0 Å². The highest BCUT2D eigenvalue weighted by Crippen LogP contribution is 2.27. The van der Waals surface area contributed by atoms with Gasteiger partial charge in [0.25, 0.3) is 17.7 Å². The Morgan fingerprint density at radius 2 is 1.82 bits per heavy atom. The number of carbonyl (C=O) groups is 2. The van der Waals surface area contributed by atoms with Crippen molar-refractivity contribution in [3.05, 3.63) is 65.0 Å². The number of aryl methyl sites for hydroxylation is 1. The third kappa shape index (κ3) is 5.11.